The molecule has 0 fully saturated rings. The lowest BCUT2D eigenvalue weighted by atomic mass is 9.76. The SMILES string of the molecule is CC(C)(C)C1CCCc2nc3sc(C#N)cc3cc2C1. The van der Waals surface area contributed by atoms with Gasteiger partial charge in [0.1, 0.15) is 15.8 Å². The summed E-state index contributed by atoms with van der Waals surface area (Å²) >= 11 is 1.51. The fourth-order valence-electron chi connectivity index (χ4n) is 3.12. The van der Waals surface area contributed by atoms with Gasteiger partial charge >= 0.3 is 0 Å². The first-order chi connectivity index (χ1) is 9.47. The molecule has 0 saturated heterocycles. The molecule has 1 aliphatic carbocycles. The van der Waals surface area contributed by atoms with Crippen LogP contribution < -0.4 is 0 Å². The van der Waals surface area contributed by atoms with E-state index in [4.69, 9.17) is 10.2 Å². The lowest BCUT2D eigenvalue weighted by Crippen LogP contribution is -2.22. The van der Waals surface area contributed by atoms with Crippen molar-refractivity contribution >= 4 is 21.6 Å². The summed E-state index contributed by atoms with van der Waals surface area (Å²) in [6, 6.07) is 6.48. The van der Waals surface area contributed by atoms with Gasteiger partial charge in [-0.1, -0.05) is 20.8 Å². The Hall–Kier alpha value is -1.40. The maximum atomic E-state index is 9.03. The van der Waals surface area contributed by atoms with Crippen molar-refractivity contribution < 1.29 is 0 Å². The number of aromatic nitrogens is 1. The predicted molar refractivity (Wildman–Crippen MR) is 83.9 cm³/mol. The van der Waals surface area contributed by atoms with Gasteiger partial charge in [0, 0.05) is 11.1 Å². The Morgan fingerprint density at radius 1 is 1.35 bits per heavy atom. The van der Waals surface area contributed by atoms with E-state index in [1.54, 1.807) is 0 Å². The monoisotopic (exact) mass is 284 g/mol. The van der Waals surface area contributed by atoms with Crippen molar-refractivity contribution in [3.63, 3.8) is 0 Å². The smallest absolute Gasteiger partial charge is 0.124 e. The number of fused-ring (bicyclic) bond motifs is 2. The van der Waals surface area contributed by atoms with Crippen LogP contribution in [0.15, 0.2) is 12.1 Å². The largest absolute Gasteiger partial charge is 0.242 e. The number of pyridine rings is 1. The molecule has 2 nitrogen and oxygen atoms in total. The highest BCUT2D eigenvalue weighted by molar-refractivity contribution is 7.19. The van der Waals surface area contributed by atoms with Gasteiger partial charge in [0.15, 0.2) is 0 Å². The predicted octanol–water partition coefficient (Wildman–Crippen LogP) is 4.71. The lowest BCUT2D eigenvalue weighted by Gasteiger charge is -2.29. The number of nitrogens with zero attached hydrogens (tertiary/aromatic N) is 2. The van der Waals surface area contributed by atoms with Crippen LogP contribution in [-0.4, -0.2) is 4.98 Å². The van der Waals surface area contributed by atoms with Crippen LogP contribution in [-0.2, 0) is 12.8 Å². The van der Waals surface area contributed by atoms with E-state index < -0.39 is 0 Å². The minimum atomic E-state index is 0.350. The molecule has 0 N–H and O–H groups in total. The van der Waals surface area contributed by atoms with Crippen molar-refractivity contribution in [2.24, 2.45) is 11.3 Å². The molecule has 20 heavy (non-hydrogen) atoms. The molecule has 0 spiro atoms. The molecule has 0 bridgehead atoms. The van der Waals surface area contributed by atoms with Crippen LogP contribution >= 0.6 is 11.3 Å². The number of thiophene rings is 1. The molecule has 1 atom stereocenters. The van der Waals surface area contributed by atoms with Gasteiger partial charge in [0.05, 0.1) is 0 Å². The Morgan fingerprint density at radius 3 is 2.85 bits per heavy atom. The Kier molecular flexibility index (Phi) is 3.30. The second-order valence-electron chi connectivity index (χ2n) is 6.87. The molecule has 104 valence electrons. The summed E-state index contributed by atoms with van der Waals surface area (Å²) in [5.74, 6) is 0.720. The van der Waals surface area contributed by atoms with Crippen LogP contribution in [0.4, 0.5) is 0 Å². The zero-order chi connectivity index (χ0) is 14.3. The maximum Gasteiger partial charge on any atom is 0.124 e. The molecule has 0 aromatic carbocycles. The molecule has 2 aromatic rings. The van der Waals surface area contributed by atoms with E-state index in [9.17, 15) is 0 Å². The molecular formula is C17H20N2S. The van der Waals surface area contributed by atoms with Crippen LogP contribution in [0.2, 0.25) is 0 Å². The normalized spacial score (nSPS) is 19.4. The topological polar surface area (TPSA) is 36.7 Å². The molecule has 0 radical (unpaired) electrons. The van der Waals surface area contributed by atoms with E-state index in [-0.39, 0.29) is 0 Å². The number of hydrogen-bond acceptors (Lipinski definition) is 3. The van der Waals surface area contributed by atoms with Gasteiger partial charge in [-0.15, -0.1) is 11.3 Å². The van der Waals surface area contributed by atoms with Crippen molar-refractivity contribution in [1.29, 1.82) is 5.26 Å². The second-order valence-corrected chi connectivity index (χ2v) is 7.90. The molecule has 3 rings (SSSR count). The van der Waals surface area contributed by atoms with Gasteiger partial charge in [0.25, 0.3) is 0 Å². The Bertz CT molecular complexity index is 685. The highest BCUT2D eigenvalue weighted by Crippen LogP contribution is 2.37. The van der Waals surface area contributed by atoms with E-state index in [1.807, 2.05) is 6.07 Å². The molecule has 2 heterocycles. The van der Waals surface area contributed by atoms with Crippen molar-refractivity contribution in [1.82, 2.24) is 4.98 Å². The van der Waals surface area contributed by atoms with Gasteiger partial charge in [-0.2, -0.15) is 5.26 Å². The molecular weight excluding hydrogens is 264 g/mol. The average molecular weight is 284 g/mol. The molecule has 1 aliphatic rings. The minimum Gasteiger partial charge on any atom is -0.242 e. The van der Waals surface area contributed by atoms with E-state index in [0.717, 1.165) is 33.9 Å². The van der Waals surface area contributed by atoms with E-state index >= 15 is 0 Å². The van der Waals surface area contributed by atoms with Crippen LogP contribution in [0.3, 0.4) is 0 Å². The van der Waals surface area contributed by atoms with Gasteiger partial charge in [-0.3, -0.25) is 0 Å². The quantitative estimate of drug-likeness (QED) is 0.657. The minimum absolute atomic E-state index is 0.350. The molecule has 0 amide bonds. The third-order valence-electron chi connectivity index (χ3n) is 4.44. The first kappa shape index (κ1) is 13.6. The lowest BCUT2D eigenvalue weighted by molar-refractivity contribution is 0.224. The summed E-state index contributed by atoms with van der Waals surface area (Å²) in [4.78, 5) is 6.61. The standard InChI is InChI=1S/C17H20N2S/c1-17(2,3)13-5-4-6-15-11(8-13)7-12-9-14(10-18)20-16(12)19-15/h7,9,13H,4-6,8H2,1-3H3. The third-order valence-corrected chi connectivity index (χ3v) is 5.39. The van der Waals surface area contributed by atoms with E-state index in [2.05, 4.69) is 32.9 Å². The van der Waals surface area contributed by atoms with Crippen LogP contribution in [0.1, 0.15) is 49.7 Å². The number of nitriles is 1. The fourth-order valence-corrected chi connectivity index (χ4v) is 3.95. The first-order valence-electron chi connectivity index (χ1n) is 7.30. The van der Waals surface area contributed by atoms with E-state index in [0.29, 0.717) is 5.41 Å². The number of hydrogen-bond donors (Lipinski definition) is 0. The number of aryl methyl sites for hydroxylation is 1. The summed E-state index contributed by atoms with van der Waals surface area (Å²) < 4.78 is 0. The summed E-state index contributed by atoms with van der Waals surface area (Å²) in [7, 11) is 0. The Morgan fingerprint density at radius 2 is 2.15 bits per heavy atom. The van der Waals surface area contributed by atoms with Crippen molar-refractivity contribution in [3.8, 4) is 6.07 Å². The zero-order valence-corrected chi connectivity index (χ0v) is 13.2. The van der Waals surface area contributed by atoms with Gasteiger partial charge in [0.2, 0.25) is 0 Å². The summed E-state index contributed by atoms with van der Waals surface area (Å²) in [5, 5.41) is 10.2. The van der Waals surface area contributed by atoms with Crippen molar-refractivity contribution in [2.45, 2.75) is 46.5 Å². The fraction of sp³-hybridized carbons (Fsp3) is 0.529. The highest BCUT2D eigenvalue weighted by atomic mass is 32.1. The van der Waals surface area contributed by atoms with Gasteiger partial charge < -0.3 is 0 Å². The molecule has 0 saturated carbocycles. The molecule has 0 aliphatic heterocycles. The van der Waals surface area contributed by atoms with Gasteiger partial charge in [-0.25, -0.2) is 4.98 Å². The van der Waals surface area contributed by atoms with Crippen LogP contribution in [0.5, 0.6) is 0 Å². The summed E-state index contributed by atoms with van der Waals surface area (Å²) in [6.45, 7) is 7.02. The molecule has 3 heteroatoms. The second kappa shape index (κ2) is 4.86. The van der Waals surface area contributed by atoms with Crippen molar-refractivity contribution in [2.75, 3.05) is 0 Å². The summed E-state index contributed by atoms with van der Waals surface area (Å²) in [5.41, 5.74) is 3.01. The van der Waals surface area contributed by atoms with Gasteiger partial charge in [-0.05, 0) is 54.7 Å². The molecule has 1 unspecified atom stereocenters. The van der Waals surface area contributed by atoms with Crippen molar-refractivity contribution in [3.05, 3.63) is 28.3 Å². The average Bonchev–Trinajstić information content (AvgIpc) is 2.65. The zero-order valence-electron chi connectivity index (χ0n) is 12.4. The van der Waals surface area contributed by atoms with Crippen LogP contribution in [0, 0.1) is 22.7 Å². The Labute approximate surface area is 124 Å². The summed E-state index contributed by atoms with van der Waals surface area (Å²) in [6.07, 6.45) is 4.72. The number of rotatable bonds is 0. The highest BCUT2D eigenvalue weighted by Gasteiger charge is 2.28. The van der Waals surface area contributed by atoms with E-state index in [1.165, 1.54) is 35.4 Å². The van der Waals surface area contributed by atoms with Crippen LogP contribution in [0.25, 0.3) is 10.2 Å². The maximum absolute atomic E-state index is 9.03. The molecule has 2 aromatic heterocycles. The third kappa shape index (κ3) is 2.45. The first-order valence-corrected chi connectivity index (χ1v) is 8.11. The Balaban J connectivity index is 2.05.